The minimum absolute atomic E-state index is 0.155. The second kappa shape index (κ2) is 2.96. The van der Waals surface area contributed by atoms with Crippen molar-refractivity contribution in [3.63, 3.8) is 0 Å². The zero-order chi connectivity index (χ0) is 8.32. The zero-order valence-electron chi connectivity index (χ0n) is 7.02. The van der Waals surface area contributed by atoms with Crippen molar-refractivity contribution < 1.29 is 0 Å². The van der Waals surface area contributed by atoms with Crippen LogP contribution < -0.4 is 11.1 Å². The van der Waals surface area contributed by atoms with Crippen LogP contribution in [0, 0.1) is 0 Å². The van der Waals surface area contributed by atoms with E-state index in [0.717, 1.165) is 12.2 Å². The number of anilines is 1. The molecule has 0 saturated heterocycles. The number of H-pyrrole nitrogens is 1. The Balaban J connectivity index is 2.35. The van der Waals surface area contributed by atoms with Gasteiger partial charge in [-0.05, 0) is 19.9 Å². The molecular formula is C8H15N3. The van der Waals surface area contributed by atoms with Crippen LogP contribution in [0.5, 0.6) is 0 Å². The average molecular weight is 153 g/mol. The fourth-order valence-electron chi connectivity index (χ4n) is 0.764. The molecule has 1 heterocycles. The summed E-state index contributed by atoms with van der Waals surface area (Å²) in [7, 11) is 0. The summed E-state index contributed by atoms with van der Waals surface area (Å²) in [6.45, 7) is 4.77. The lowest BCUT2D eigenvalue weighted by Gasteiger charge is -2.18. The third-order valence-corrected chi connectivity index (χ3v) is 1.35. The molecule has 11 heavy (non-hydrogen) atoms. The monoisotopic (exact) mass is 153 g/mol. The van der Waals surface area contributed by atoms with Gasteiger partial charge < -0.3 is 16.0 Å². The number of hydrogen-bond donors (Lipinski definition) is 3. The number of rotatable bonds is 3. The first-order valence-corrected chi connectivity index (χ1v) is 3.73. The van der Waals surface area contributed by atoms with Gasteiger partial charge in [0.15, 0.2) is 0 Å². The molecule has 3 heteroatoms. The number of nitrogens with one attached hydrogen (secondary N) is 2. The summed E-state index contributed by atoms with van der Waals surface area (Å²) in [6, 6.07) is 1.98. The molecule has 0 aromatic carbocycles. The van der Waals surface area contributed by atoms with Crippen molar-refractivity contribution in [1.29, 1.82) is 0 Å². The lowest BCUT2D eigenvalue weighted by molar-refractivity contribution is 0.549. The molecule has 1 aromatic heterocycles. The van der Waals surface area contributed by atoms with Crippen LogP contribution in [0.3, 0.4) is 0 Å². The van der Waals surface area contributed by atoms with Crippen LogP contribution in [-0.4, -0.2) is 17.1 Å². The Morgan fingerprint density at radius 3 is 2.82 bits per heavy atom. The molecule has 0 fully saturated rings. The molecule has 0 bridgehead atoms. The molecule has 3 nitrogen and oxygen atoms in total. The third-order valence-electron chi connectivity index (χ3n) is 1.35. The van der Waals surface area contributed by atoms with Crippen molar-refractivity contribution in [2.45, 2.75) is 19.4 Å². The molecule has 0 unspecified atom stereocenters. The zero-order valence-corrected chi connectivity index (χ0v) is 7.02. The normalized spacial score (nSPS) is 11.5. The highest BCUT2D eigenvalue weighted by Gasteiger charge is 2.09. The fraction of sp³-hybridized carbons (Fsp3) is 0.500. The molecule has 0 aliphatic rings. The highest BCUT2D eigenvalue weighted by atomic mass is 14.9. The van der Waals surface area contributed by atoms with E-state index in [1.54, 1.807) is 0 Å². The highest BCUT2D eigenvalue weighted by Crippen LogP contribution is 2.05. The molecule has 0 radical (unpaired) electrons. The first-order chi connectivity index (χ1) is 5.08. The maximum absolute atomic E-state index is 5.78. The van der Waals surface area contributed by atoms with Gasteiger partial charge in [-0.1, -0.05) is 0 Å². The van der Waals surface area contributed by atoms with Gasteiger partial charge in [-0.25, -0.2) is 0 Å². The first kappa shape index (κ1) is 8.14. The number of aromatic nitrogens is 1. The van der Waals surface area contributed by atoms with E-state index < -0.39 is 0 Å². The van der Waals surface area contributed by atoms with Gasteiger partial charge in [0.25, 0.3) is 0 Å². The van der Waals surface area contributed by atoms with Crippen molar-refractivity contribution in [1.82, 2.24) is 4.98 Å². The van der Waals surface area contributed by atoms with E-state index in [1.165, 1.54) is 0 Å². The van der Waals surface area contributed by atoms with Gasteiger partial charge in [-0.3, -0.25) is 0 Å². The number of nitrogens with two attached hydrogens (primary N) is 1. The van der Waals surface area contributed by atoms with Crippen molar-refractivity contribution in [3.8, 4) is 0 Å². The lowest BCUT2D eigenvalue weighted by Crippen LogP contribution is -2.39. The standard InChI is InChI=1S/C8H15N3/c1-8(2,9)6-11-7-3-4-10-5-7/h3-5,10-11H,6,9H2,1-2H3. The van der Waals surface area contributed by atoms with E-state index >= 15 is 0 Å². The Kier molecular flexibility index (Phi) is 2.19. The summed E-state index contributed by atoms with van der Waals surface area (Å²) in [6.07, 6.45) is 3.79. The van der Waals surface area contributed by atoms with Crippen LogP contribution in [0.25, 0.3) is 0 Å². The second-order valence-electron chi connectivity index (χ2n) is 3.44. The SMILES string of the molecule is CC(C)(N)CNc1cc[nH]c1. The van der Waals surface area contributed by atoms with E-state index in [9.17, 15) is 0 Å². The Morgan fingerprint density at radius 1 is 1.64 bits per heavy atom. The smallest absolute Gasteiger partial charge is 0.0518 e. The summed E-state index contributed by atoms with van der Waals surface area (Å²) in [5.74, 6) is 0. The van der Waals surface area contributed by atoms with Crippen LogP contribution in [0.4, 0.5) is 5.69 Å². The molecular weight excluding hydrogens is 138 g/mol. The summed E-state index contributed by atoms with van der Waals surface area (Å²) >= 11 is 0. The van der Waals surface area contributed by atoms with Gasteiger partial charge in [-0.2, -0.15) is 0 Å². The van der Waals surface area contributed by atoms with Crippen LogP contribution in [0.15, 0.2) is 18.5 Å². The third kappa shape index (κ3) is 3.09. The lowest BCUT2D eigenvalue weighted by atomic mass is 10.1. The quantitative estimate of drug-likeness (QED) is 0.610. The summed E-state index contributed by atoms with van der Waals surface area (Å²) in [4.78, 5) is 2.96. The number of hydrogen-bond acceptors (Lipinski definition) is 2. The van der Waals surface area contributed by atoms with Gasteiger partial charge in [-0.15, -0.1) is 0 Å². The van der Waals surface area contributed by atoms with E-state index in [-0.39, 0.29) is 5.54 Å². The molecule has 0 aliphatic heterocycles. The van der Waals surface area contributed by atoms with Crippen molar-refractivity contribution in [2.24, 2.45) is 5.73 Å². The minimum atomic E-state index is -0.155. The van der Waals surface area contributed by atoms with E-state index in [1.807, 2.05) is 32.3 Å². The first-order valence-electron chi connectivity index (χ1n) is 3.73. The van der Waals surface area contributed by atoms with E-state index in [2.05, 4.69) is 10.3 Å². The molecule has 1 rings (SSSR count). The van der Waals surface area contributed by atoms with Gasteiger partial charge in [0.1, 0.15) is 0 Å². The van der Waals surface area contributed by atoms with Crippen molar-refractivity contribution >= 4 is 5.69 Å². The Labute approximate surface area is 67.0 Å². The molecule has 4 N–H and O–H groups in total. The van der Waals surface area contributed by atoms with Crippen LogP contribution in [-0.2, 0) is 0 Å². The maximum atomic E-state index is 5.78. The summed E-state index contributed by atoms with van der Waals surface area (Å²) < 4.78 is 0. The average Bonchev–Trinajstić information content (AvgIpc) is 2.32. The largest absolute Gasteiger partial charge is 0.382 e. The summed E-state index contributed by atoms with van der Waals surface area (Å²) in [5, 5.41) is 3.21. The van der Waals surface area contributed by atoms with E-state index in [4.69, 9.17) is 5.73 Å². The Bertz CT molecular complexity index is 196. The molecule has 0 spiro atoms. The molecule has 0 amide bonds. The van der Waals surface area contributed by atoms with Gasteiger partial charge in [0.05, 0.1) is 5.69 Å². The molecule has 0 aliphatic carbocycles. The van der Waals surface area contributed by atoms with Crippen LogP contribution in [0.2, 0.25) is 0 Å². The molecule has 62 valence electrons. The van der Waals surface area contributed by atoms with Gasteiger partial charge in [0, 0.05) is 24.5 Å². The number of aromatic amines is 1. The second-order valence-corrected chi connectivity index (χ2v) is 3.44. The highest BCUT2D eigenvalue weighted by molar-refractivity contribution is 5.40. The van der Waals surface area contributed by atoms with Crippen molar-refractivity contribution in [3.05, 3.63) is 18.5 Å². The Morgan fingerprint density at radius 2 is 2.36 bits per heavy atom. The molecule has 1 aromatic rings. The van der Waals surface area contributed by atoms with Crippen molar-refractivity contribution in [2.75, 3.05) is 11.9 Å². The molecule has 0 saturated carbocycles. The van der Waals surface area contributed by atoms with E-state index in [0.29, 0.717) is 0 Å². The topological polar surface area (TPSA) is 53.8 Å². The Hall–Kier alpha value is -0.960. The molecule has 0 atom stereocenters. The van der Waals surface area contributed by atoms with Crippen LogP contribution >= 0.6 is 0 Å². The predicted molar refractivity (Wildman–Crippen MR) is 47.5 cm³/mol. The van der Waals surface area contributed by atoms with Gasteiger partial charge >= 0.3 is 0 Å². The summed E-state index contributed by atoms with van der Waals surface area (Å²) in [5.41, 5.74) is 6.71. The van der Waals surface area contributed by atoms with Crippen LogP contribution in [0.1, 0.15) is 13.8 Å². The predicted octanol–water partition coefficient (Wildman–Crippen LogP) is 1.16. The fourth-order valence-corrected chi connectivity index (χ4v) is 0.764. The maximum Gasteiger partial charge on any atom is 0.0518 e. The minimum Gasteiger partial charge on any atom is -0.382 e. The van der Waals surface area contributed by atoms with Gasteiger partial charge in [0.2, 0.25) is 0 Å².